The van der Waals surface area contributed by atoms with Crippen LogP contribution in [0.25, 0.3) is 0 Å². The molecule has 1 aromatic heterocycles. The van der Waals surface area contributed by atoms with E-state index in [2.05, 4.69) is 10.4 Å². The third-order valence-corrected chi connectivity index (χ3v) is 6.15. The molecule has 3 aromatic rings. The van der Waals surface area contributed by atoms with Gasteiger partial charge in [-0.2, -0.15) is 5.10 Å². The molecule has 0 atom stereocenters. The van der Waals surface area contributed by atoms with Crippen LogP contribution in [0.15, 0.2) is 69.3 Å². The third kappa shape index (κ3) is 4.43. The highest BCUT2D eigenvalue weighted by Gasteiger charge is 2.21. The molecular weight excluding hydrogens is 390 g/mol. The van der Waals surface area contributed by atoms with E-state index in [0.29, 0.717) is 5.69 Å². The first-order valence-electron chi connectivity index (χ1n) is 8.94. The van der Waals surface area contributed by atoms with Crippen molar-refractivity contribution in [2.45, 2.75) is 37.2 Å². The van der Waals surface area contributed by atoms with Gasteiger partial charge in [0, 0.05) is 11.8 Å². The Morgan fingerprint density at radius 2 is 1.59 bits per heavy atom. The van der Waals surface area contributed by atoms with Crippen LogP contribution in [0, 0.1) is 20.8 Å². The molecule has 0 saturated heterocycles. The lowest BCUT2D eigenvalue weighted by molar-refractivity contribution is -0.117. The Balaban J connectivity index is 1.89. The molecule has 0 spiro atoms. The molecule has 150 valence electrons. The van der Waals surface area contributed by atoms with Crippen LogP contribution in [0.1, 0.15) is 16.7 Å². The summed E-state index contributed by atoms with van der Waals surface area (Å²) in [5, 5.41) is 6.40. The molecule has 3 rings (SSSR count). The van der Waals surface area contributed by atoms with Gasteiger partial charge >= 0.3 is 0 Å². The van der Waals surface area contributed by atoms with Crippen LogP contribution in [0.4, 0.5) is 5.69 Å². The summed E-state index contributed by atoms with van der Waals surface area (Å²) in [6.45, 7) is 5.18. The summed E-state index contributed by atoms with van der Waals surface area (Å²) >= 11 is 0. The number of para-hydroxylation sites is 1. The molecule has 0 fully saturated rings. The number of carbonyl (C=O) groups is 1. The van der Waals surface area contributed by atoms with E-state index >= 15 is 0 Å². The van der Waals surface area contributed by atoms with E-state index in [0.717, 1.165) is 33.5 Å². The van der Waals surface area contributed by atoms with Gasteiger partial charge in [-0.15, -0.1) is 0 Å². The Morgan fingerprint density at radius 3 is 2.21 bits per heavy atom. The lowest BCUT2D eigenvalue weighted by atomic mass is 10.1. The number of hydrogen-bond donors (Lipinski definition) is 1. The number of sulfone groups is 1. The topological polar surface area (TPSA) is 98.1 Å². The maximum absolute atomic E-state index is 12.8. The van der Waals surface area contributed by atoms with Crippen LogP contribution in [-0.2, 0) is 21.2 Å². The zero-order valence-corrected chi connectivity index (χ0v) is 17.2. The van der Waals surface area contributed by atoms with E-state index in [9.17, 15) is 18.0 Å². The summed E-state index contributed by atoms with van der Waals surface area (Å²) in [4.78, 5) is 24.6. The maximum atomic E-state index is 12.8. The minimum atomic E-state index is -3.91. The average Bonchev–Trinajstić information content (AvgIpc) is 2.67. The highest BCUT2D eigenvalue weighted by Crippen LogP contribution is 2.20. The monoisotopic (exact) mass is 411 g/mol. The second-order valence-electron chi connectivity index (χ2n) is 6.80. The first-order chi connectivity index (χ1) is 13.7. The summed E-state index contributed by atoms with van der Waals surface area (Å²) < 4.78 is 26.4. The summed E-state index contributed by atoms with van der Waals surface area (Å²) in [7, 11) is -3.91. The SMILES string of the molecule is Cc1ccc(S(=O)(=O)c2ccc(=O)n(CC(=O)Nc3c(C)cccc3C)n2)cc1. The van der Waals surface area contributed by atoms with Gasteiger partial charge in [0.05, 0.1) is 4.90 Å². The van der Waals surface area contributed by atoms with Crippen molar-refractivity contribution in [1.29, 1.82) is 0 Å². The molecule has 0 aliphatic heterocycles. The molecule has 2 aromatic carbocycles. The van der Waals surface area contributed by atoms with Crippen molar-refractivity contribution < 1.29 is 13.2 Å². The molecule has 29 heavy (non-hydrogen) atoms. The predicted molar refractivity (Wildman–Crippen MR) is 110 cm³/mol. The Kier molecular flexibility index (Phi) is 5.65. The maximum Gasteiger partial charge on any atom is 0.267 e. The van der Waals surface area contributed by atoms with Crippen molar-refractivity contribution in [2.24, 2.45) is 0 Å². The number of aryl methyl sites for hydroxylation is 3. The number of anilines is 1. The fourth-order valence-electron chi connectivity index (χ4n) is 2.85. The number of benzene rings is 2. The van der Waals surface area contributed by atoms with Crippen molar-refractivity contribution >= 4 is 21.4 Å². The minimum Gasteiger partial charge on any atom is -0.324 e. The Hall–Kier alpha value is -3.26. The highest BCUT2D eigenvalue weighted by molar-refractivity contribution is 7.91. The zero-order chi connectivity index (χ0) is 21.2. The van der Waals surface area contributed by atoms with E-state index in [1.54, 1.807) is 12.1 Å². The molecule has 1 amide bonds. The molecule has 1 heterocycles. The number of amides is 1. The van der Waals surface area contributed by atoms with Crippen LogP contribution in [0.5, 0.6) is 0 Å². The minimum absolute atomic E-state index is 0.0702. The number of rotatable bonds is 5. The van der Waals surface area contributed by atoms with Gasteiger partial charge in [-0.25, -0.2) is 13.1 Å². The van der Waals surface area contributed by atoms with Gasteiger partial charge in [0.2, 0.25) is 15.7 Å². The smallest absolute Gasteiger partial charge is 0.267 e. The molecule has 8 heteroatoms. The number of nitrogens with zero attached hydrogens (tertiary/aromatic N) is 2. The largest absolute Gasteiger partial charge is 0.324 e. The summed E-state index contributed by atoms with van der Waals surface area (Å²) in [6, 6.07) is 14.2. The molecule has 7 nitrogen and oxygen atoms in total. The summed E-state index contributed by atoms with van der Waals surface area (Å²) in [6.07, 6.45) is 0. The van der Waals surface area contributed by atoms with Gasteiger partial charge < -0.3 is 5.32 Å². The predicted octanol–water partition coefficient (Wildman–Crippen LogP) is 2.64. The van der Waals surface area contributed by atoms with E-state index < -0.39 is 27.8 Å². The lowest BCUT2D eigenvalue weighted by Crippen LogP contribution is -2.30. The third-order valence-electron chi connectivity index (χ3n) is 4.49. The molecule has 1 N–H and O–H groups in total. The molecule has 0 saturated carbocycles. The highest BCUT2D eigenvalue weighted by atomic mass is 32.2. The van der Waals surface area contributed by atoms with Crippen molar-refractivity contribution in [3.05, 3.63) is 81.6 Å². The number of nitrogens with one attached hydrogen (secondary N) is 1. The van der Waals surface area contributed by atoms with Crippen LogP contribution in [0.3, 0.4) is 0 Å². The second kappa shape index (κ2) is 8.00. The van der Waals surface area contributed by atoms with Crippen molar-refractivity contribution in [3.63, 3.8) is 0 Å². The van der Waals surface area contributed by atoms with E-state index in [4.69, 9.17) is 0 Å². The number of aromatic nitrogens is 2. The Bertz CT molecular complexity index is 1210. The molecular formula is C21H21N3O4S. The van der Waals surface area contributed by atoms with Gasteiger partial charge in [-0.05, 0) is 50.1 Å². The first kappa shape index (κ1) is 20.5. The van der Waals surface area contributed by atoms with Crippen LogP contribution >= 0.6 is 0 Å². The normalized spacial score (nSPS) is 11.3. The quantitative estimate of drug-likeness (QED) is 0.696. The summed E-state index contributed by atoms with van der Waals surface area (Å²) in [5.74, 6) is -0.470. The molecule has 0 aliphatic carbocycles. The standard InChI is InChI=1S/C21H21N3O4S/c1-14-7-9-17(10-8-14)29(27,28)19-11-12-20(26)24(23-19)13-18(25)22-21-15(2)5-4-6-16(21)3/h4-12H,13H2,1-3H3,(H,22,25). The second-order valence-corrected chi connectivity index (χ2v) is 8.70. The average molecular weight is 411 g/mol. The van der Waals surface area contributed by atoms with E-state index in [-0.39, 0.29) is 9.92 Å². The fraction of sp³-hybridized carbons (Fsp3) is 0.190. The summed E-state index contributed by atoms with van der Waals surface area (Å²) in [5.41, 5.74) is 2.78. The van der Waals surface area contributed by atoms with Crippen molar-refractivity contribution in [3.8, 4) is 0 Å². The molecule has 0 unspecified atom stereocenters. The van der Waals surface area contributed by atoms with Gasteiger partial charge in [0.15, 0.2) is 5.03 Å². The number of hydrogen-bond acceptors (Lipinski definition) is 5. The van der Waals surface area contributed by atoms with Crippen LogP contribution in [-0.4, -0.2) is 24.1 Å². The van der Waals surface area contributed by atoms with Crippen molar-refractivity contribution in [1.82, 2.24) is 9.78 Å². The molecule has 0 radical (unpaired) electrons. The van der Waals surface area contributed by atoms with E-state index in [1.807, 2.05) is 39.0 Å². The van der Waals surface area contributed by atoms with Crippen molar-refractivity contribution in [2.75, 3.05) is 5.32 Å². The number of carbonyl (C=O) groups excluding carboxylic acids is 1. The van der Waals surface area contributed by atoms with Gasteiger partial charge in [-0.1, -0.05) is 35.9 Å². The Morgan fingerprint density at radius 1 is 0.966 bits per heavy atom. The molecule has 0 bridgehead atoms. The Labute approximate surface area is 168 Å². The first-order valence-corrected chi connectivity index (χ1v) is 10.4. The van der Waals surface area contributed by atoms with Gasteiger partial charge in [-0.3, -0.25) is 9.59 Å². The fourth-order valence-corrected chi connectivity index (χ4v) is 4.04. The van der Waals surface area contributed by atoms with Crippen LogP contribution < -0.4 is 10.9 Å². The van der Waals surface area contributed by atoms with E-state index in [1.165, 1.54) is 12.1 Å². The lowest BCUT2D eigenvalue weighted by Gasteiger charge is -2.12. The van der Waals surface area contributed by atoms with Gasteiger partial charge in [0.25, 0.3) is 5.56 Å². The van der Waals surface area contributed by atoms with Crippen LogP contribution in [0.2, 0.25) is 0 Å². The zero-order valence-electron chi connectivity index (χ0n) is 16.3. The molecule has 0 aliphatic rings. The van der Waals surface area contributed by atoms with Gasteiger partial charge in [0.1, 0.15) is 6.54 Å².